The summed E-state index contributed by atoms with van der Waals surface area (Å²) in [5.41, 5.74) is 0.606. The second-order valence-corrected chi connectivity index (χ2v) is 5.11. The van der Waals surface area contributed by atoms with E-state index in [-0.39, 0.29) is 0 Å². The molecule has 1 heterocycles. The van der Waals surface area contributed by atoms with E-state index in [9.17, 15) is 27.6 Å². The molecular formula is C11H17F3N2O7. The van der Waals surface area contributed by atoms with Crippen LogP contribution in [0.25, 0.3) is 0 Å². The molecule has 1 rings (SSSR count). The minimum Gasteiger partial charge on any atom is -0.481 e. The number of nitrogens with two attached hydrogens (primary N) is 1. The van der Waals surface area contributed by atoms with Crippen molar-refractivity contribution in [1.82, 2.24) is 5.32 Å². The van der Waals surface area contributed by atoms with Gasteiger partial charge in [-0.05, 0) is 13.8 Å². The first kappa shape index (κ1) is 21.1. The van der Waals surface area contributed by atoms with Gasteiger partial charge in [-0.2, -0.15) is 13.2 Å². The molecule has 0 saturated carbocycles. The van der Waals surface area contributed by atoms with Gasteiger partial charge in [0.2, 0.25) is 0 Å². The summed E-state index contributed by atoms with van der Waals surface area (Å²) in [6.07, 6.45) is -7.35. The molecule has 0 unspecified atom stereocenters. The number of ether oxygens (including phenoxy) is 1. The maximum absolute atomic E-state index is 12.5. The SMILES string of the molecule is CC1(C)NC[C@@](C(N)=O)(C(F)(F)F)O1.O=C(O)C[C@@H](O)C(=O)O. The summed E-state index contributed by atoms with van der Waals surface area (Å²) in [6.45, 7) is 2.13. The van der Waals surface area contributed by atoms with Crippen LogP contribution in [0.4, 0.5) is 13.2 Å². The first-order valence-corrected chi connectivity index (χ1v) is 6.09. The Morgan fingerprint density at radius 1 is 1.30 bits per heavy atom. The van der Waals surface area contributed by atoms with Crippen LogP contribution in [0, 0.1) is 0 Å². The Balaban J connectivity index is 0.000000468. The van der Waals surface area contributed by atoms with Gasteiger partial charge < -0.3 is 25.8 Å². The van der Waals surface area contributed by atoms with Crippen molar-refractivity contribution in [1.29, 1.82) is 0 Å². The maximum Gasteiger partial charge on any atom is 0.427 e. The van der Waals surface area contributed by atoms with Crippen LogP contribution in [-0.2, 0) is 19.1 Å². The highest BCUT2D eigenvalue weighted by atomic mass is 19.4. The summed E-state index contributed by atoms with van der Waals surface area (Å²) >= 11 is 0. The van der Waals surface area contributed by atoms with Gasteiger partial charge in [0, 0.05) is 6.54 Å². The number of hydrogen-bond acceptors (Lipinski definition) is 6. The number of aliphatic carboxylic acids is 2. The average molecular weight is 346 g/mol. The van der Waals surface area contributed by atoms with Gasteiger partial charge in [-0.3, -0.25) is 14.9 Å². The molecule has 0 radical (unpaired) electrons. The zero-order chi connectivity index (χ0) is 18.6. The molecule has 0 bridgehead atoms. The number of primary amides is 1. The largest absolute Gasteiger partial charge is 0.481 e. The predicted octanol–water partition coefficient (Wildman–Crippen LogP) is -0.965. The third kappa shape index (κ3) is 5.65. The van der Waals surface area contributed by atoms with E-state index in [0.717, 1.165) is 0 Å². The van der Waals surface area contributed by atoms with Crippen LogP contribution in [0.1, 0.15) is 20.3 Å². The van der Waals surface area contributed by atoms with Crippen molar-refractivity contribution in [3.8, 4) is 0 Å². The molecule has 0 aromatic rings. The fourth-order valence-electron chi connectivity index (χ4n) is 1.53. The fourth-order valence-corrected chi connectivity index (χ4v) is 1.53. The van der Waals surface area contributed by atoms with Crippen molar-refractivity contribution in [3.63, 3.8) is 0 Å². The Morgan fingerprint density at radius 3 is 1.91 bits per heavy atom. The number of halogens is 3. The molecule has 1 aliphatic rings. The van der Waals surface area contributed by atoms with E-state index in [1.54, 1.807) is 0 Å². The maximum atomic E-state index is 12.5. The summed E-state index contributed by atoms with van der Waals surface area (Å²) in [5, 5.41) is 26.6. The lowest BCUT2D eigenvalue weighted by Crippen LogP contribution is -2.58. The number of carboxylic acid groups (broad SMARTS) is 2. The standard InChI is InChI=1S/C7H11F3N2O2.C4H6O5/c1-5(2)12-3-6(14-5,4(11)13)7(8,9)10;5-2(4(8)9)1-3(6)7/h12H,3H2,1-2H3,(H2,11,13);2,5H,1H2,(H,6,7)(H,8,9)/t6-;2-/m11/s1. The highest BCUT2D eigenvalue weighted by molar-refractivity contribution is 5.85. The van der Waals surface area contributed by atoms with E-state index < -0.39 is 54.4 Å². The molecule has 23 heavy (non-hydrogen) atoms. The van der Waals surface area contributed by atoms with Crippen molar-refractivity contribution < 1.29 is 47.6 Å². The van der Waals surface area contributed by atoms with Gasteiger partial charge in [0.25, 0.3) is 11.5 Å². The van der Waals surface area contributed by atoms with Gasteiger partial charge in [-0.1, -0.05) is 0 Å². The molecule has 1 saturated heterocycles. The van der Waals surface area contributed by atoms with Crippen LogP contribution in [0.5, 0.6) is 0 Å². The zero-order valence-electron chi connectivity index (χ0n) is 12.2. The molecule has 0 spiro atoms. The molecule has 134 valence electrons. The van der Waals surface area contributed by atoms with Crippen molar-refractivity contribution in [2.45, 2.75) is 43.9 Å². The molecule has 1 amide bonds. The van der Waals surface area contributed by atoms with E-state index in [4.69, 9.17) is 21.1 Å². The van der Waals surface area contributed by atoms with Gasteiger partial charge in [0.1, 0.15) is 5.72 Å². The van der Waals surface area contributed by atoms with Gasteiger partial charge in [-0.15, -0.1) is 0 Å². The van der Waals surface area contributed by atoms with Crippen molar-refractivity contribution >= 4 is 17.8 Å². The molecule has 1 aliphatic heterocycles. The number of hydrogen-bond donors (Lipinski definition) is 5. The summed E-state index contributed by atoms with van der Waals surface area (Å²) in [5.74, 6) is -4.37. The fraction of sp³-hybridized carbons (Fsp3) is 0.727. The van der Waals surface area contributed by atoms with Gasteiger partial charge >= 0.3 is 18.1 Å². The molecule has 0 aromatic carbocycles. The molecule has 12 heteroatoms. The smallest absolute Gasteiger partial charge is 0.427 e. The third-order valence-electron chi connectivity index (χ3n) is 2.70. The normalized spacial score (nSPS) is 24.3. The third-order valence-corrected chi connectivity index (χ3v) is 2.70. The summed E-state index contributed by atoms with van der Waals surface area (Å²) in [6, 6.07) is 0. The van der Waals surface area contributed by atoms with Crippen LogP contribution in [-0.4, -0.2) is 63.3 Å². The monoisotopic (exact) mass is 346 g/mol. The van der Waals surface area contributed by atoms with E-state index in [2.05, 4.69) is 10.1 Å². The number of carbonyl (C=O) groups excluding carboxylic acids is 1. The lowest BCUT2D eigenvalue weighted by molar-refractivity contribution is -0.266. The number of nitrogens with one attached hydrogen (secondary N) is 1. The number of alkyl halides is 3. The highest BCUT2D eigenvalue weighted by Gasteiger charge is 2.66. The molecular weight excluding hydrogens is 329 g/mol. The molecule has 2 atom stereocenters. The van der Waals surface area contributed by atoms with Crippen LogP contribution in [0.2, 0.25) is 0 Å². The highest BCUT2D eigenvalue weighted by Crippen LogP contribution is 2.39. The Labute approximate surface area is 128 Å². The lowest BCUT2D eigenvalue weighted by Gasteiger charge is -2.29. The second-order valence-electron chi connectivity index (χ2n) is 5.11. The Kier molecular flexibility index (Phi) is 6.51. The number of aliphatic hydroxyl groups is 1. The summed E-state index contributed by atoms with van der Waals surface area (Å²) < 4.78 is 42.3. The number of amides is 1. The van der Waals surface area contributed by atoms with Crippen molar-refractivity contribution in [2.24, 2.45) is 5.73 Å². The minimum absolute atomic E-state index is 0.654. The van der Waals surface area contributed by atoms with Crippen molar-refractivity contribution in [2.75, 3.05) is 6.54 Å². The Morgan fingerprint density at radius 2 is 1.78 bits per heavy atom. The number of rotatable bonds is 4. The van der Waals surface area contributed by atoms with E-state index in [0.29, 0.717) is 0 Å². The average Bonchev–Trinajstić information content (AvgIpc) is 2.66. The van der Waals surface area contributed by atoms with Gasteiger partial charge in [0.15, 0.2) is 6.10 Å². The first-order chi connectivity index (χ1) is 10.1. The van der Waals surface area contributed by atoms with Crippen LogP contribution < -0.4 is 11.1 Å². The molecule has 1 fully saturated rings. The van der Waals surface area contributed by atoms with Gasteiger partial charge in [-0.25, -0.2) is 4.79 Å². The molecule has 6 N–H and O–H groups in total. The predicted molar refractivity (Wildman–Crippen MR) is 67.0 cm³/mol. The quantitative estimate of drug-likeness (QED) is 0.435. The minimum atomic E-state index is -4.81. The molecule has 9 nitrogen and oxygen atoms in total. The Hall–Kier alpha value is -1.92. The van der Waals surface area contributed by atoms with E-state index in [1.807, 2.05) is 0 Å². The van der Waals surface area contributed by atoms with Crippen LogP contribution in [0.3, 0.4) is 0 Å². The first-order valence-electron chi connectivity index (χ1n) is 6.09. The van der Waals surface area contributed by atoms with Gasteiger partial charge in [0.05, 0.1) is 6.42 Å². The molecule has 0 aromatic heterocycles. The Bertz CT molecular complexity index is 481. The summed E-state index contributed by atoms with van der Waals surface area (Å²) in [4.78, 5) is 30.2. The number of carbonyl (C=O) groups is 3. The second kappa shape index (κ2) is 7.10. The molecule has 0 aliphatic carbocycles. The van der Waals surface area contributed by atoms with E-state index >= 15 is 0 Å². The zero-order valence-corrected chi connectivity index (χ0v) is 12.2. The van der Waals surface area contributed by atoms with E-state index in [1.165, 1.54) is 13.8 Å². The number of aliphatic hydroxyl groups excluding tert-OH is 1. The lowest BCUT2D eigenvalue weighted by atomic mass is 10.0. The topological polar surface area (TPSA) is 159 Å². The van der Waals surface area contributed by atoms with Crippen LogP contribution >= 0.6 is 0 Å². The number of carboxylic acids is 2. The summed E-state index contributed by atoms with van der Waals surface area (Å²) in [7, 11) is 0. The van der Waals surface area contributed by atoms with Crippen LogP contribution in [0.15, 0.2) is 0 Å². The van der Waals surface area contributed by atoms with Crippen molar-refractivity contribution in [3.05, 3.63) is 0 Å².